The second-order valence-corrected chi connectivity index (χ2v) is 4.68. The molecule has 0 saturated heterocycles. The quantitative estimate of drug-likeness (QED) is 0.659. The van der Waals surface area contributed by atoms with E-state index >= 15 is 0 Å². The van der Waals surface area contributed by atoms with Gasteiger partial charge in [0.05, 0.1) is 12.8 Å². The van der Waals surface area contributed by atoms with Crippen LogP contribution in [0.15, 0.2) is 48.5 Å². The van der Waals surface area contributed by atoms with Crippen LogP contribution in [-0.2, 0) is 11.3 Å². The fourth-order valence-electron chi connectivity index (χ4n) is 1.88. The predicted molar refractivity (Wildman–Crippen MR) is 84.7 cm³/mol. The maximum atomic E-state index is 12.8. The number of nitrogens with two attached hydrogens (primary N) is 1. The van der Waals surface area contributed by atoms with Crippen molar-refractivity contribution in [2.75, 3.05) is 12.8 Å². The van der Waals surface area contributed by atoms with Crippen molar-refractivity contribution in [3.63, 3.8) is 0 Å². The molecule has 5 heteroatoms. The minimum absolute atomic E-state index is 0.237. The molecule has 2 aromatic rings. The highest BCUT2D eigenvalue weighted by atomic mass is 19.1. The van der Waals surface area contributed by atoms with Gasteiger partial charge in [-0.3, -0.25) is 4.79 Å². The number of methoxy groups -OCH3 is 1. The smallest absolute Gasteiger partial charge is 0.244 e. The molecule has 0 atom stereocenters. The summed E-state index contributed by atoms with van der Waals surface area (Å²) in [4.78, 5) is 11.7. The molecule has 1 amide bonds. The van der Waals surface area contributed by atoms with Crippen LogP contribution >= 0.6 is 0 Å². The zero-order valence-corrected chi connectivity index (χ0v) is 12.2. The lowest BCUT2D eigenvalue weighted by Gasteiger charge is -2.05. The summed E-state index contributed by atoms with van der Waals surface area (Å²) in [5.41, 5.74) is 7.94. The van der Waals surface area contributed by atoms with Crippen LogP contribution in [0.5, 0.6) is 5.75 Å². The summed E-state index contributed by atoms with van der Waals surface area (Å²) in [5.74, 6) is 0.0590. The molecule has 0 spiro atoms. The van der Waals surface area contributed by atoms with Gasteiger partial charge in [-0.2, -0.15) is 0 Å². The third-order valence-electron chi connectivity index (χ3n) is 3.06. The molecule has 22 heavy (non-hydrogen) atoms. The highest BCUT2D eigenvalue weighted by molar-refractivity contribution is 5.91. The first kappa shape index (κ1) is 15.6. The number of hydrogen-bond donors (Lipinski definition) is 2. The third-order valence-corrected chi connectivity index (χ3v) is 3.06. The molecule has 0 bridgehead atoms. The molecule has 2 rings (SSSR count). The number of halogens is 1. The number of carbonyl (C=O) groups excluding carboxylic acids is 1. The first-order valence-electron chi connectivity index (χ1n) is 6.72. The number of hydrogen-bond acceptors (Lipinski definition) is 3. The second-order valence-electron chi connectivity index (χ2n) is 4.68. The van der Waals surface area contributed by atoms with E-state index < -0.39 is 0 Å². The number of nitrogen functional groups attached to an aromatic ring is 1. The lowest BCUT2D eigenvalue weighted by atomic mass is 10.1. The van der Waals surface area contributed by atoms with E-state index in [1.54, 1.807) is 43.5 Å². The van der Waals surface area contributed by atoms with Gasteiger partial charge in [-0.25, -0.2) is 4.39 Å². The zero-order valence-electron chi connectivity index (χ0n) is 12.2. The molecule has 0 fully saturated rings. The van der Waals surface area contributed by atoms with Gasteiger partial charge in [0.25, 0.3) is 0 Å². The van der Waals surface area contributed by atoms with Gasteiger partial charge < -0.3 is 15.8 Å². The summed E-state index contributed by atoms with van der Waals surface area (Å²) in [6.45, 7) is 0.341. The van der Waals surface area contributed by atoms with E-state index in [2.05, 4.69) is 5.32 Å². The number of nitrogens with one attached hydrogen (secondary N) is 1. The molecule has 0 radical (unpaired) electrons. The van der Waals surface area contributed by atoms with Crippen molar-refractivity contribution in [3.05, 3.63) is 65.5 Å². The lowest BCUT2D eigenvalue weighted by molar-refractivity contribution is -0.116. The average Bonchev–Trinajstić information content (AvgIpc) is 2.52. The molecule has 114 valence electrons. The summed E-state index contributed by atoms with van der Waals surface area (Å²) in [6.07, 6.45) is 3.08. The van der Waals surface area contributed by atoms with E-state index in [9.17, 15) is 9.18 Å². The Kier molecular flexibility index (Phi) is 5.14. The Morgan fingerprint density at radius 3 is 2.64 bits per heavy atom. The van der Waals surface area contributed by atoms with Crippen molar-refractivity contribution in [2.24, 2.45) is 0 Å². The predicted octanol–water partition coefficient (Wildman–Crippen LogP) is 2.75. The minimum Gasteiger partial charge on any atom is -0.495 e. The summed E-state index contributed by atoms with van der Waals surface area (Å²) in [6, 6.07) is 11.2. The summed E-state index contributed by atoms with van der Waals surface area (Å²) in [7, 11) is 1.55. The Morgan fingerprint density at radius 2 is 2.00 bits per heavy atom. The number of carbonyl (C=O) groups is 1. The molecule has 3 N–H and O–H groups in total. The largest absolute Gasteiger partial charge is 0.495 e. The Balaban J connectivity index is 1.91. The van der Waals surface area contributed by atoms with Crippen molar-refractivity contribution in [1.29, 1.82) is 0 Å². The van der Waals surface area contributed by atoms with Gasteiger partial charge in [0.15, 0.2) is 0 Å². The fraction of sp³-hybridized carbons (Fsp3) is 0.118. The first-order valence-corrected chi connectivity index (χ1v) is 6.72. The van der Waals surface area contributed by atoms with E-state index in [1.807, 2.05) is 0 Å². The Labute approximate surface area is 128 Å². The summed E-state index contributed by atoms with van der Waals surface area (Å²) in [5, 5.41) is 2.72. The lowest BCUT2D eigenvalue weighted by Crippen LogP contribution is -2.20. The van der Waals surface area contributed by atoms with Crippen molar-refractivity contribution in [1.82, 2.24) is 5.32 Å². The fourth-order valence-corrected chi connectivity index (χ4v) is 1.88. The maximum absolute atomic E-state index is 12.8. The Hall–Kier alpha value is -2.82. The molecule has 2 aromatic carbocycles. The Bertz CT molecular complexity index is 682. The van der Waals surface area contributed by atoms with E-state index in [0.717, 1.165) is 11.1 Å². The zero-order chi connectivity index (χ0) is 15.9. The van der Waals surface area contributed by atoms with E-state index in [1.165, 1.54) is 18.2 Å². The van der Waals surface area contributed by atoms with Crippen LogP contribution in [0.2, 0.25) is 0 Å². The van der Waals surface area contributed by atoms with Crippen molar-refractivity contribution >= 4 is 17.7 Å². The van der Waals surface area contributed by atoms with Crippen LogP contribution in [0, 0.1) is 5.82 Å². The number of amides is 1. The standard InChI is InChI=1S/C17H17FN2O2/c1-22-16-8-4-12(10-15(16)19)5-9-17(21)20-11-13-2-6-14(18)7-3-13/h2-10H,11,19H2,1H3,(H,20,21)/b9-5-. The molecular formula is C17H17FN2O2. The second kappa shape index (κ2) is 7.26. The van der Waals surface area contributed by atoms with E-state index in [4.69, 9.17) is 10.5 Å². The van der Waals surface area contributed by atoms with Gasteiger partial charge in [0.2, 0.25) is 5.91 Å². The van der Waals surface area contributed by atoms with E-state index in [-0.39, 0.29) is 11.7 Å². The molecule has 0 unspecified atom stereocenters. The van der Waals surface area contributed by atoms with Crippen LogP contribution < -0.4 is 15.8 Å². The normalized spacial score (nSPS) is 10.6. The minimum atomic E-state index is -0.299. The van der Waals surface area contributed by atoms with Crippen LogP contribution in [0.1, 0.15) is 11.1 Å². The average molecular weight is 300 g/mol. The van der Waals surface area contributed by atoms with Gasteiger partial charge in [0, 0.05) is 12.6 Å². The monoisotopic (exact) mass is 300 g/mol. The van der Waals surface area contributed by atoms with Gasteiger partial charge >= 0.3 is 0 Å². The summed E-state index contributed by atoms with van der Waals surface area (Å²) < 4.78 is 17.8. The molecule has 0 aliphatic rings. The third kappa shape index (κ3) is 4.34. The van der Waals surface area contributed by atoms with Gasteiger partial charge in [-0.15, -0.1) is 0 Å². The van der Waals surface area contributed by atoms with E-state index in [0.29, 0.717) is 18.0 Å². The first-order chi connectivity index (χ1) is 10.6. The van der Waals surface area contributed by atoms with Gasteiger partial charge in [0.1, 0.15) is 11.6 Å². The number of ether oxygens (including phenoxy) is 1. The number of anilines is 1. The van der Waals surface area contributed by atoms with Crippen molar-refractivity contribution in [3.8, 4) is 5.75 Å². The van der Waals surface area contributed by atoms with Crippen molar-refractivity contribution in [2.45, 2.75) is 6.54 Å². The topological polar surface area (TPSA) is 64.3 Å². The van der Waals surface area contributed by atoms with Gasteiger partial charge in [-0.05, 0) is 41.5 Å². The molecule has 4 nitrogen and oxygen atoms in total. The maximum Gasteiger partial charge on any atom is 0.244 e. The van der Waals surface area contributed by atoms with Crippen LogP contribution in [0.3, 0.4) is 0 Å². The number of benzene rings is 2. The summed E-state index contributed by atoms with van der Waals surface area (Å²) >= 11 is 0. The molecule has 0 saturated carbocycles. The molecule has 0 aliphatic carbocycles. The SMILES string of the molecule is COc1ccc(/C=C\C(=O)NCc2ccc(F)cc2)cc1N. The molecular weight excluding hydrogens is 283 g/mol. The highest BCUT2D eigenvalue weighted by Crippen LogP contribution is 2.22. The van der Waals surface area contributed by atoms with Gasteiger partial charge in [-0.1, -0.05) is 18.2 Å². The van der Waals surface area contributed by atoms with Crippen molar-refractivity contribution < 1.29 is 13.9 Å². The van der Waals surface area contributed by atoms with Crippen LogP contribution in [-0.4, -0.2) is 13.0 Å². The molecule has 0 aromatic heterocycles. The van der Waals surface area contributed by atoms with Crippen LogP contribution in [0.4, 0.5) is 10.1 Å². The number of rotatable bonds is 5. The van der Waals surface area contributed by atoms with Crippen LogP contribution in [0.25, 0.3) is 6.08 Å². The molecule has 0 heterocycles. The Morgan fingerprint density at radius 1 is 1.27 bits per heavy atom. The highest BCUT2D eigenvalue weighted by Gasteiger charge is 2.00. The molecule has 0 aliphatic heterocycles.